The van der Waals surface area contributed by atoms with Crippen molar-refractivity contribution in [1.82, 2.24) is 25.6 Å². The van der Waals surface area contributed by atoms with Gasteiger partial charge >= 0.3 is 0 Å². The molecule has 112 valence electrons. The van der Waals surface area contributed by atoms with Crippen LogP contribution in [0.25, 0.3) is 11.0 Å². The summed E-state index contributed by atoms with van der Waals surface area (Å²) in [5, 5.41) is 6.17. The van der Waals surface area contributed by atoms with Crippen LogP contribution in [0.4, 0.5) is 0 Å². The molecule has 22 heavy (non-hydrogen) atoms. The smallest absolute Gasteiger partial charge is 0.255 e. The summed E-state index contributed by atoms with van der Waals surface area (Å²) in [5.41, 5.74) is 3.14. The summed E-state index contributed by atoms with van der Waals surface area (Å²) in [4.78, 5) is 23.3. The lowest BCUT2D eigenvalue weighted by Crippen LogP contribution is -2.31. The van der Waals surface area contributed by atoms with E-state index in [0.29, 0.717) is 29.7 Å². The van der Waals surface area contributed by atoms with Gasteiger partial charge in [-0.3, -0.25) is 9.78 Å². The number of carbonyl (C=O) groups is 1. The average Bonchev–Trinajstić information content (AvgIpc) is 3.04. The molecular weight excluding hydrogens is 278 g/mol. The van der Waals surface area contributed by atoms with E-state index in [9.17, 15) is 4.79 Å². The van der Waals surface area contributed by atoms with Gasteiger partial charge in [0.25, 0.3) is 5.91 Å². The number of amides is 1. The van der Waals surface area contributed by atoms with Gasteiger partial charge in [-0.1, -0.05) is 30.3 Å². The number of nitrogens with one attached hydrogen (secondary N) is 3. The van der Waals surface area contributed by atoms with Crippen molar-refractivity contribution in [2.75, 3.05) is 13.1 Å². The Morgan fingerprint density at radius 3 is 2.86 bits per heavy atom. The molecule has 0 fully saturated rings. The van der Waals surface area contributed by atoms with Crippen LogP contribution in [0.5, 0.6) is 0 Å². The minimum atomic E-state index is -0.149. The Kier molecular flexibility index (Phi) is 4.41. The molecule has 0 aliphatic carbocycles. The average molecular weight is 295 g/mol. The molecule has 0 radical (unpaired) electrons. The molecule has 0 saturated heterocycles. The SMILES string of the molecule is O=C(NCCNCc1ccccc1)c1cncc2nc[nH]c12. The third kappa shape index (κ3) is 3.29. The largest absolute Gasteiger partial charge is 0.351 e. The van der Waals surface area contributed by atoms with Crippen molar-refractivity contribution in [1.29, 1.82) is 0 Å². The van der Waals surface area contributed by atoms with Gasteiger partial charge in [-0.2, -0.15) is 0 Å². The number of benzene rings is 1. The van der Waals surface area contributed by atoms with E-state index >= 15 is 0 Å². The van der Waals surface area contributed by atoms with Crippen molar-refractivity contribution in [3.63, 3.8) is 0 Å². The first-order valence-corrected chi connectivity index (χ1v) is 7.14. The van der Waals surface area contributed by atoms with E-state index in [2.05, 4.69) is 37.7 Å². The predicted octanol–water partition coefficient (Wildman–Crippen LogP) is 1.48. The molecule has 6 nitrogen and oxygen atoms in total. The van der Waals surface area contributed by atoms with Gasteiger partial charge in [0.05, 0.1) is 23.6 Å². The molecule has 0 aliphatic rings. The lowest BCUT2D eigenvalue weighted by Gasteiger charge is -2.07. The van der Waals surface area contributed by atoms with Crippen molar-refractivity contribution in [2.24, 2.45) is 0 Å². The lowest BCUT2D eigenvalue weighted by atomic mass is 10.2. The first-order chi connectivity index (χ1) is 10.8. The van der Waals surface area contributed by atoms with Gasteiger partial charge in [-0.25, -0.2) is 4.98 Å². The summed E-state index contributed by atoms with van der Waals surface area (Å²) in [6.45, 7) is 2.04. The molecular formula is C16H17N5O. The number of imidazole rings is 1. The van der Waals surface area contributed by atoms with Gasteiger partial charge in [0.2, 0.25) is 0 Å². The van der Waals surface area contributed by atoms with Crippen LogP contribution >= 0.6 is 0 Å². The van der Waals surface area contributed by atoms with Crippen LogP contribution in [-0.2, 0) is 6.54 Å². The molecule has 2 aromatic heterocycles. The van der Waals surface area contributed by atoms with Crippen LogP contribution < -0.4 is 10.6 Å². The highest BCUT2D eigenvalue weighted by atomic mass is 16.1. The van der Waals surface area contributed by atoms with E-state index < -0.39 is 0 Å². The molecule has 0 unspecified atom stereocenters. The number of pyridine rings is 1. The monoisotopic (exact) mass is 295 g/mol. The second-order valence-corrected chi connectivity index (χ2v) is 4.90. The Morgan fingerprint density at radius 2 is 2.00 bits per heavy atom. The predicted molar refractivity (Wildman–Crippen MR) is 84.4 cm³/mol. The quantitative estimate of drug-likeness (QED) is 0.602. The van der Waals surface area contributed by atoms with Crippen LogP contribution in [0.2, 0.25) is 0 Å². The maximum absolute atomic E-state index is 12.2. The van der Waals surface area contributed by atoms with Crippen molar-refractivity contribution in [2.45, 2.75) is 6.54 Å². The first kappa shape index (κ1) is 14.2. The first-order valence-electron chi connectivity index (χ1n) is 7.14. The fourth-order valence-electron chi connectivity index (χ4n) is 2.23. The highest BCUT2D eigenvalue weighted by Crippen LogP contribution is 2.12. The molecule has 2 heterocycles. The zero-order valence-electron chi connectivity index (χ0n) is 12.0. The third-order valence-electron chi connectivity index (χ3n) is 3.34. The van der Waals surface area contributed by atoms with Gasteiger partial charge < -0.3 is 15.6 Å². The molecule has 3 aromatic rings. The Labute approximate surface area is 128 Å². The van der Waals surface area contributed by atoms with Gasteiger partial charge in [-0.15, -0.1) is 0 Å². The van der Waals surface area contributed by atoms with Gasteiger partial charge in [0.15, 0.2) is 0 Å². The van der Waals surface area contributed by atoms with Crippen molar-refractivity contribution < 1.29 is 4.79 Å². The summed E-state index contributed by atoms with van der Waals surface area (Å²) in [5.74, 6) is -0.149. The highest BCUT2D eigenvalue weighted by molar-refractivity contribution is 6.04. The van der Waals surface area contributed by atoms with E-state index in [1.165, 1.54) is 5.56 Å². The molecule has 0 aliphatic heterocycles. The highest BCUT2D eigenvalue weighted by Gasteiger charge is 2.11. The van der Waals surface area contributed by atoms with Gasteiger partial charge in [0.1, 0.15) is 5.52 Å². The third-order valence-corrected chi connectivity index (χ3v) is 3.34. The second-order valence-electron chi connectivity index (χ2n) is 4.90. The molecule has 0 atom stereocenters. The Bertz CT molecular complexity index is 753. The topological polar surface area (TPSA) is 82.7 Å². The van der Waals surface area contributed by atoms with E-state index in [1.807, 2.05) is 18.2 Å². The Morgan fingerprint density at radius 1 is 1.14 bits per heavy atom. The molecule has 3 rings (SSSR count). The standard InChI is InChI=1S/C16H17N5O/c22-16(13-9-18-10-14-15(13)21-11-20-14)19-7-6-17-8-12-4-2-1-3-5-12/h1-5,9-11,17H,6-8H2,(H,19,22)(H,20,21). The number of nitrogens with zero attached hydrogens (tertiary/aromatic N) is 2. The number of H-pyrrole nitrogens is 1. The van der Waals surface area contributed by atoms with Gasteiger partial charge in [-0.05, 0) is 5.56 Å². The summed E-state index contributed by atoms with van der Waals surface area (Å²) in [6.07, 6.45) is 4.74. The summed E-state index contributed by atoms with van der Waals surface area (Å²) >= 11 is 0. The molecule has 6 heteroatoms. The number of hydrogen-bond acceptors (Lipinski definition) is 4. The van der Waals surface area contributed by atoms with Crippen molar-refractivity contribution in [3.8, 4) is 0 Å². The van der Waals surface area contributed by atoms with Crippen LogP contribution in [-0.4, -0.2) is 33.9 Å². The number of hydrogen-bond donors (Lipinski definition) is 3. The Balaban J connectivity index is 1.48. The minimum absolute atomic E-state index is 0.149. The van der Waals surface area contributed by atoms with E-state index in [-0.39, 0.29) is 5.91 Å². The summed E-state index contributed by atoms with van der Waals surface area (Å²) in [6, 6.07) is 10.1. The van der Waals surface area contributed by atoms with Crippen LogP contribution in [0, 0.1) is 0 Å². The normalized spacial score (nSPS) is 10.7. The zero-order chi connectivity index (χ0) is 15.2. The van der Waals surface area contributed by atoms with Crippen LogP contribution in [0.1, 0.15) is 15.9 Å². The number of aromatic amines is 1. The lowest BCUT2D eigenvalue weighted by molar-refractivity contribution is 0.0955. The van der Waals surface area contributed by atoms with Gasteiger partial charge in [0, 0.05) is 25.8 Å². The van der Waals surface area contributed by atoms with E-state index in [0.717, 1.165) is 6.54 Å². The molecule has 0 spiro atoms. The number of carbonyl (C=O) groups excluding carboxylic acids is 1. The second kappa shape index (κ2) is 6.82. The fourth-order valence-corrected chi connectivity index (χ4v) is 2.23. The minimum Gasteiger partial charge on any atom is -0.351 e. The van der Waals surface area contributed by atoms with Crippen LogP contribution in [0.15, 0.2) is 49.1 Å². The molecule has 0 bridgehead atoms. The van der Waals surface area contributed by atoms with Crippen LogP contribution in [0.3, 0.4) is 0 Å². The number of fused-ring (bicyclic) bond motifs is 1. The fraction of sp³-hybridized carbons (Fsp3) is 0.188. The van der Waals surface area contributed by atoms with E-state index in [4.69, 9.17) is 0 Å². The van der Waals surface area contributed by atoms with Crippen molar-refractivity contribution in [3.05, 3.63) is 60.2 Å². The number of rotatable bonds is 6. The maximum atomic E-state index is 12.2. The molecule has 1 aromatic carbocycles. The molecule has 1 amide bonds. The Hall–Kier alpha value is -2.73. The zero-order valence-corrected chi connectivity index (χ0v) is 12.0. The summed E-state index contributed by atoms with van der Waals surface area (Å²) < 4.78 is 0. The maximum Gasteiger partial charge on any atom is 0.255 e. The summed E-state index contributed by atoms with van der Waals surface area (Å²) in [7, 11) is 0. The number of aromatic nitrogens is 3. The van der Waals surface area contributed by atoms with E-state index in [1.54, 1.807) is 18.7 Å². The van der Waals surface area contributed by atoms with Crippen molar-refractivity contribution >= 4 is 16.9 Å². The molecule has 3 N–H and O–H groups in total. The molecule has 0 saturated carbocycles.